The van der Waals surface area contributed by atoms with E-state index in [1.165, 1.54) is 13.2 Å². The summed E-state index contributed by atoms with van der Waals surface area (Å²) in [6, 6.07) is 7.64. The Bertz CT molecular complexity index is 1090. The number of halogens is 3. The van der Waals surface area contributed by atoms with E-state index in [2.05, 4.69) is 10.2 Å². The van der Waals surface area contributed by atoms with Crippen LogP contribution < -0.4 is 4.74 Å². The topological polar surface area (TPSA) is 59.7 Å². The lowest BCUT2D eigenvalue weighted by Gasteiger charge is -2.32. The van der Waals surface area contributed by atoms with Gasteiger partial charge in [-0.2, -0.15) is 13.2 Å². The molecule has 0 unspecified atom stereocenters. The summed E-state index contributed by atoms with van der Waals surface area (Å²) in [7, 11) is 1.54. The Labute approximate surface area is 171 Å². The van der Waals surface area contributed by atoms with Crippen molar-refractivity contribution < 1.29 is 22.7 Å². The Morgan fingerprint density at radius 3 is 2.53 bits per heavy atom. The van der Waals surface area contributed by atoms with Gasteiger partial charge in [0.05, 0.1) is 18.9 Å². The molecule has 1 saturated heterocycles. The number of pyridine rings is 1. The van der Waals surface area contributed by atoms with Gasteiger partial charge in [-0.1, -0.05) is 11.6 Å². The molecular weight excluding hydrogens is 397 g/mol. The Balaban J connectivity index is 1.50. The maximum Gasteiger partial charge on any atom is 0.416 e. The zero-order valence-corrected chi connectivity index (χ0v) is 16.6. The number of ether oxygens (including phenoxy) is 1. The lowest BCUT2D eigenvalue weighted by Crippen LogP contribution is -2.38. The number of alkyl halides is 3. The van der Waals surface area contributed by atoms with Gasteiger partial charge in [-0.25, -0.2) is 0 Å². The van der Waals surface area contributed by atoms with Crippen LogP contribution in [0.3, 0.4) is 0 Å². The average molecular weight is 418 g/mol. The number of amides is 1. The highest BCUT2D eigenvalue weighted by atomic mass is 19.4. The van der Waals surface area contributed by atoms with E-state index in [0.29, 0.717) is 48.5 Å². The van der Waals surface area contributed by atoms with Crippen LogP contribution in [-0.4, -0.2) is 45.6 Å². The van der Waals surface area contributed by atoms with E-state index in [0.717, 1.165) is 6.07 Å². The molecule has 0 saturated carbocycles. The van der Waals surface area contributed by atoms with Crippen molar-refractivity contribution >= 4 is 11.6 Å². The van der Waals surface area contributed by atoms with Gasteiger partial charge in [-0.3, -0.25) is 9.20 Å². The number of fused-ring (bicyclic) bond motifs is 1. The summed E-state index contributed by atoms with van der Waals surface area (Å²) in [6.07, 6.45) is -1.53. The second kappa shape index (κ2) is 7.62. The summed E-state index contributed by atoms with van der Waals surface area (Å²) in [5.74, 6) is 0.493. The molecule has 0 atom stereocenters. The van der Waals surface area contributed by atoms with E-state index in [4.69, 9.17) is 4.74 Å². The van der Waals surface area contributed by atoms with Crippen LogP contribution in [0.25, 0.3) is 5.65 Å². The van der Waals surface area contributed by atoms with Gasteiger partial charge in [0, 0.05) is 13.1 Å². The van der Waals surface area contributed by atoms with Crippen LogP contribution in [0.2, 0.25) is 0 Å². The number of hydrogen-bond donors (Lipinski definition) is 0. The van der Waals surface area contributed by atoms with Gasteiger partial charge >= 0.3 is 6.18 Å². The number of aromatic nitrogens is 3. The number of likely N-dealkylation sites (tertiary alicyclic amines) is 1. The highest BCUT2D eigenvalue weighted by Gasteiger charge is 2.33. The highest BCUT2D eigenvalue weighted by molar-refractivity contribution is 5.91. The minimum atomic E-state index is -4.37. The monoisotopic (exact) mass is 418 g/mol. The number of rotatable bonds is 3. The van der Waals surface area contributed by atoms with Gasteiger partial charge in [-0.05, 0) is 55.5 Å². The second-order valence-electron chi connectivity index (χ2n) is 7.52. The molecule has 1 aliphatic heterocycles. The molecule has 6 nitrogen and oxygen atoms in total. The van der Waals surface area contributed by atoms with Crippen LogP contribution in [0.15, 0.2) is 36.5 Å². The van der Waals surface area contributed by atoms with E-state index in [-0.39, 0.29) is 17.6 Å². The minimum Gasteiger partial charge on any atom is -0.495 e. The first kappa shape index (κ1) is 20.2. The van der Waals surface area contributed by atoms with E-state index < -0.39 is 11.7 Å². The number of carbonyl (C=O) groups is 1. The van der Waals surface area contributed by atoms with Crippen LogP contribution in [0.1, 0.15) is 46.1 Å². The van der Waals surface area contributed by atoms with Gasteiger partial charge in [0.25, 0.3) is 5.91 Å². The third-order valence-electron chi connectivity index (χ3n) is 5.48. The van der Waals surface area contributed by atoms with E-state index in [9.17, 15) is 18.0 Å². The number of methoxy groups -OCH3 is 1. The number of aryl methyl sites for hydroxylation is 1. The summed E-state index contributed by atoms with van der Waals surface area (Å²) >= 11 is 0. The molecule has 0 N–H and O–H groups in total. The Morgan fingerprint density at radius 1 is 1.13 bits per heavy atom. The lowest BCUT2D eigenvalue weighted by atomic mass is 9.87. The van der Waals surface area contributed by atoms with E-state index >= 15 is 0 Å². The molecule has 1 aromatic carbocycles. The van der Waals surface area contributed by atoms with Gasteiger partial charge in [-0.15, -0.1) is 10.2 Å². The van der Waals surface area contributed by atoms with Gasteiger partial charge < -0.3 is 9.64 Å². The van der Waals surface area contributed by atoms with Crippen molar-refractivity contribution in [3.8, 4) is 5.75 Å². The molecule has 4 rings (SSSR count). The van der Waals surface area contributed by atoms with Crippen LogP contribution in [0, 0.1) is 6.92 Å². The molecule has 1 fully saturated rings. The third-order valence-corrected chi connectivity index (χ3v) is 5.48. The van der Waals surface area contributed by atoms with Crippen LogP contribution in [0.4, 0.5) is 13.2 Å². The molecule has 30 heavy (non-hydrogen) atoms. The fraction of sp³-hybridized carbons (Fsp3) is 0.381. The summed E-state index contributed by atoms with van der Waals surface area (Å²) in [5.41, 5.74) is 1.17. The molecule has 3 aromatic rings. The number of piperidine rings is 1. The molecule has 1 aliphatic rings. The first-order valence-electron chi connectivity index (χ1n) is 9.63. The average Bonchev–Trinajstić information content (AvgIpc) is 3.15. The van der Waals surface area contributed by atoms with Crippen molar-refractivity contribution in [2.45, 2.75) is 31.9 Å². The maximum absolute atomic E-state index is 13.1. The van der Waals surface area contributed by atoms with Gasteiger partial charge in [0.15, 0.2) is 5.65 Å². The molecule has 1 amide bonds. The second-order valence-corrected chi connectivity index (χ2v) is 7.52. The van der Waals surface area contributed by atoms with E-state index in [1.807, 2.05) is 0 Å². The fourth-order valence-electron chi connectivity index (χ4n) is 3.91. The summed E-state index contributed by atoms with van der Waals surface area (Å²) in [6.45, 7) is 2.55. The van der Waals surface area contributed by atoms with Crippen molar-refractivity contribution in [2.75, 3.05) is 20.2 Å². The molecule has 158 valence electrons. The molecule has 3 heterocycles. The van der Waals surface area contributed by atoms with Crippen LogP contribution in [-0.2, 0) is 6.18 Å². The van der Waals surface area contributed by atoms with Crippen molar-refractivity contribution in [1.82, 2.24) is 19.5 Å². The van der Waals surface area contributed by atoms with Crippen molar-refractivity contribution in [3.05, 3.63) is 59.0 Å². The maximum atomic E-state index is 13.1. The zero-order chi connectivity index (χ0) is 21.5. The fourth-order valence-corrected chi connectivity index (χ4v) is 3.91. The molecular formula is C21H21F3N4O2. The van der Waals surface area contributed by atoms with Crippen LogP contribution >= 0.6 is 0 Å². The smallest absolute Gasteiger partial charge is 0.416 e. The first-order valence-corrected chi connectivity index (χ1v) is 9.63. The Kier molecular flexibility index (Phi) is 5.13. The van der Waals surface area contributed by atoms with E-state index in [1.54, 1.807) is 40.6 Å². The quantitative estimate of drug-likeness (QED) is 0.643. The van der Waals surface area contributed by atoms with Crippen molar-refractivity contribution in [3.63, 3.8) is 0 Å². The number of carbonyl (C=O) groups excluding carboxylic acids is 1. The molecule has 0 bridgehead atoms. The molecule has 0 aliphatic carbocycles. The standard InChI is InChI=1S/C21H21F3N4O2/c1-13-9-15(11-16(10-13)21(22,23)24)14-5-7-27(8-6-14)20(29)19-26-25-18-4-3-17(30-2)12-28(18)19/h3-4,9-12,14H,5-8H2,1-2H3. The molecule has 0 spiro atoms. The molecule has 9 heteroatoms. The SMILES string of the molecule is COc1ccc2nnc(C(=O)N3CCC(c4cc(C)cc(C(F)(F)F)c4)CC3)n2c1. The summed E-state index contributed by atoms with van der Waals surface area (Å²) in [5, 5.41) is 8.03. The number of hydrogen-bond acceptors (Lipinski definition) is 4. The third kappa shape index (κ3) is 3.83. The predicted octanol–water partition coefficient (Wildman–Crippen LogP) is 4.08. The lowest BCUT2D eigenvalue weighted by molar-refractivity contribution is -0.137. The zero-order valence-electron chi connectivity index (χ0n) is 16.6. The first-order chi connectivity index (χ1) is 14.3. The Hall–Kier alpha value is -3.10. The van der Waals surface area contributed by atoms with Gasteiger partial charge in [0.1, 0.15) is 5.75 Å². The largest absolute Gasteiger partial charge is 0.495 e. The molecule has 2 aromatic heterocycles. The normalized spacial score (nSPS) is 15.6. The van der Waals surface area contributed by atoms with Crippen molar-refractivity contribution in [2.24, 2.45) is 0 Å². The van der Waals surface area contributed by atoms with Crippen molar-refractivity contribution in [1.29, 1.82) is 0 Å². The molecule has 0 radical (unpaired) electrons. The Morgan fingerprint density at radius 2 is 1.87 bits per heavy atom. The highest BCUT2D eigenvalue weighted by Crippen LogP contribution is 2.35. The van der Waals surface area contributed by atoms with Gasteiger partial charge in [0.2, 0.25) is 5.82 Å². The minimum absolute atomic E-state index is 0.0229. The predicted molar refractivity (Wildman–Crippen MR) is 104 cm³/mol. The number of benzene rings is 1. The van der Waals surface area contributed by atoms with Crippen LogP contribution in [0.5, 0.6) is 5.75 Å². The number of nitrogens with zero attached hydrogens (tertiary/aromatic N) is 4. The summed E-state index contributed by atoms with van der Waals surface area (Å²) < 4.78 is 46.2. The summed E-state index contributed by atoms with van der Waals surface area (Å²) in [4.78, 5) is 14.6.